The molecule has 1 spiro atoms. The third-order valence-electron chi connectivity index (χ3n) is 7.76. The maximum absolute atomic E-state index is 9.24. The van der Waals surface area contributed by atoms with E-state index in [1.807, 2.05) is 16.0 Å². The van der Waals surface area contributed by atoms with Gasteiger partial charge in [-0.1, -0.05) is 12.1 Å². The molecule has 2 saturated heterocycles. The van der Waals surface area contributed by atoms with Crippen molar-refractivity contribution in [3.63, 3.8) is 0 Å². The third-order valence-corrected chi connectivity index (χ3v) is 9.10. The highest BCUT2D eigenvalue weighted by Crippen LogP contribution is 2.46. The molecule has 1 N–H and O–H groups in total. The fourth-order valence-electron chi connectivity index (χ4n) is 5.86. The van der Waals surface area contributed by atoms with Gasteiger partial charge in [-0.15, -0.1) is 16.4 Å². The summed E-state index contributed by atoms with van der Waals surface area (Å²) in [4.78, 5) is 5.53. The molecular formula is C25H38N4O4S. The van der Waals surface area contributed by atoms with Crippen molar-refractivity contribution in [2.75, 3.05) is 39.6 Å². The van der Waals surface area contributed by atoms with E-state index in [-0.39, 0.29) is 17.8 Å². The summed E-state index contributed by atoms with van der Waals surface area (Å²) in [6, 6.07) is 2.82. The second kappa shape index (κ2) is 10.3. The minimum atomic E-state index is -0.343. The molecule has 2 atom stereocenters. The number of aromatic nitrogens is 3. The largest absolute Gasteiger partial charge is 0.394 e. The molecule has 3 aliphatic rings. The number of rotatable bonds is 8. The number of ether oxygens (including phenoxy) is 3. The molecular weight excluding hydrogens is 452 g/mol. The van der Waals surface area contributed by atoms with E-state index in [0.29, 0.717) is 32.4 Å². The summed E-state index contributed by atoms with van der Waals surface area (Å²) in [5, 5.41) is 18.1. The minimum Gasteiger partial charge on any atom is -0.394 e. The maximum atomic E-state index is 9.24. The van der Waals surface area contributed by atoms with Crippen LogP contribution in [0.2, 0.25) is 0 Å². The molecule has 8 nitrogen and oxygen atoms in total. The molecule has 5 rings (SSSR count). The molecule has 2 aromatic rings. The van der Waals surface area contributed by atoms with Gasteiger partial charge >= 0.3 is 0 Å². The number of thiophene rings is 1. The summed E-state index contributed by atoms with van der Waals surface area (Å²) >= 11 is 1.98. The zero-order chi connectivity index (χ0) is 23.6. The molecule has 3 aliphatic heterocycles. The second-order valence-electron chi connectivity index (χ2n) is 10.0. The highest BCUT2D eigenvalue weighted by Gasteiger charge is 2.44. The van der Waals surface area contributed by atoms with E-state index in [2.05, 4.69) is 41.3 Å². The van der Waals surface area contributed by atoms with Crippen molar-refractivity contribution in [2.24, 2.45) is 0 Å². The zero-order valence-corrected chi connectivity index (χ0v) is 21.3. The molecule has 188 valence electrons. The molecule has 2 fully saturated rings. The van der Waals surface area contributed by atoms with Crippen LogP contribution in [0.3, 0.4) is 0 Å². The minimum absolute atomic E-state index is 0.0237. The van der Waals surface area contributed by atoms with Crippen molar-refractivity contribution in [2.45, 2.75) is 82.7 Å². The SMILES string of the molecule is CCc1cc2c(s1)CCO[C@@]21CCN(Cc2cn(CC3(OCCO)CCOCC3)nn2)[C@@H](C)C1. The second-order valence-corrected chi connectivity index (χ2v) is 11.3. The number of nitrogens with zero attached hydrogens (tertiary/aromatic N) is 4. The molecule has 0 amide bonds. The van der Waals surface area contributed by atoms with Crippen molar-refractivity contribution in [1.82, 2.24) is 19.9 Å². The van der Waals surface area contributed by atoms with Crippen LogP contribution in [0.1, 0.15) is 60.5 Å². The van der Waals surface area contributed by atoms with Gasteiger partial charge in [0.25, 0.3) is 0 Å². The van der Waals surface area contributed by atoms with Crippen LogP contribution in [0.4, 0.5) is 0 Å². The Bertz CT molecular complexity index is 957. The number of aliphatic hydroxyl groups excluding tert-OH is 1. The Labute approximate surface area is 206 Å². The van der Waals surface area contributed by atoms with Gasteiger partial charge in [-0.05, 0) is 37.8 Å². The number of piperidine rings is 1. The topological polar surface area (TPSA) is 81.9 Å². The third kappa shape index (κ3) is 4.96. The first-order chi connectivity index (χ1) is 16.5. The normalized spacial score (nSPS) is 27.2. The first-order valence-electron chi connectivity index (χ1n) is 12.8. The van der Waals surface area contributed by atoms with Crippen LogP contribution in [0, 0.1) is 0 Å². The van der Waals surface area contributed by atoms with E-state index in [1.54, 1.807) is 0 Å². The molecule has 0 unspecified atom stereocenters. The Balaban J connectivity index is 1.23. The standard InChI is InChI=1S/C25H38N4O4S/c1-3-21-14-22-23(34-21)4-10-33-25(22)5-8-28(19(2)15-25)16-20-17-29(27-26-20)18-24(32-13-9-30)6-11-31-12-7-24/h14,17,19,30H,3-13,15-16,18H2,1-2H3/t19-,25+/m0/s1. The van der Waals surface area contributed by atoms with Gasteiger partial charge in [0.1, 0.15) is 0 Å². The average Bonchev–Trinajstić information content (AvgIpc) is 3.48. The lowest BCUT2D eigenvalue weighted by Gasteiger charge is -2.47. The van der Waals surface area contributed by atoms with Gasteiger partial charge in [-0.3, -0.25) is 4.90 Å². The van der Waals surface area contributed by atoms with E-state index in [4.69, 9.17) is 14.2 Å². The van der Waals surface area contributed by atoms with Crippen LogP contribution in [-0.4, -0.2) is 76.2 Å². The lowest BCUT2D eigenvalue weighted by atomic mass is 9.79. The molecule has 5 heterocycles. The maximum Gasteiger partial charge on any atom is 0.0969 e. The van der Waals surface area contributed by atoms with Crippen molar-refractivity contribution in [3.05, 3.63) is 33.3 Å². The van der Waals surface area contributed by atoms with Crippen molar-refractivity contribution in [3.8, 4) is 0 Å². The van der Waals surface area contributed by atoms with E-state index >= 15 is 0 Å². The molecule has 0 aromatic carbocycles. The fraction of sp³-hybridized carbons (Fsp3) is 0.760. The van der Waals surface area contributed by atoms with E-state index in [0.717, 1.165) is 63.9 Å². The number of hydrogen-bond donors (Lipinski definition) is 1. The smallest absolute Gasteiger partial charge is 0.0969 e. The van der Waals surface area contributed by atoms with E-state index in [9.17, 15) is 5.11 Å². The molecule has 0 bridgehead atoms. The van der Waals surface area contributed by atoms with Gasteiger partial charge in [0, 0.05) is 67.6 Å². The number of hydrogen-bond acceptors (Lipinski definition) is 8. The van der Waals surface area contributed by atoms with Gasteiger partial charge in [-0.2, -0.15) is 0 Å². The molecule has 34 heavy (non-hydrogen) atoms. The average molecular weight is 491 g/mol. The summed E-state index contributed by atoms with van der Waals surface area (Å²) < 4.78 is 20.0. The van der Waals surface area contributed by atoms with Crippen molar-refractivity contribution >= 4 is 11.3 Å². The number of aryl methyl sites for hydroxylation is 1. The van der Waals surface area contributed by atoms with Crippen LogP contribution in [-0.2, 0) is 45.7 Å². The number of aliphatic hydroxyl groups is 1. The van der Waals surface area contributed by atoms with Gasteiger partial charge in [-0.25, -0.2) is 4.68 Å². The van der Waals surface area contributed by atoms with E-state index < -0.39 is 0 Å². The van der Waals surface area contributed by atoms with Crippen molar-refractivity contribution in [1.29, 1.82) is 0 Å². The summed E-state index contributed by atoms with van der Waals surface area (Å²) in [5.41, 5.74) is 1.98. The van der Waals surface area contributed by atoms with Crippen LogP contribution < -0.4 is 0 Å². The van der Waals surface area contributed by atoms with Crippen LogP contribution in [0.25, 0.3) is 0 Å². The van der Waals surface area contributed by atoms with Crippen LogP contribution >= 0.6 is 11.3 Å². The predicted molar refractivity (Wildman–Crippen MR) is 130 cm³/mol. The first-order valence-corrected chi connectivity index (χ1v) is 13.6. The van der Waals surface area contributed by atoms with Crippen molar-refractivity contribution < 1.29 is 19.3 Å². The van der Waals surface area contributed by atoms with E-state index in [1.165, 1.54) is 15.3 Å². The Morgan fingerprint density at radius 3 is 2.88 bits per heavy atom. The lowest BCUT2D eigenvalue weighted by molar-refractivity contribution is -0.127. The Kier molecular flexibility index (Phi) is 7.39. The first kappa shape index (κ1) is 24.3. The number of likely N-dealkylation sites (tertiary alicyclic amines) is 1. The molecule has 0 radical (unpaired) electrons. The highest BCUT2D eigenvalue weighted by molar-refractivity contribution is 7.12. The molecule has 0 saturated carbocycles. The zero-order valence-electron chi connectivity index (χ0n) is 20.5. The van der Waals surface area contributed by atoms with Crippen LogP contribution in [0.15, 0.2) is 12.3 Å². The predicted octanol–water partition coefficient (Wildman–Crippen LogP) is 2.91. The highest BCUT2D eigenvalue weighted by atomic mass is 32.1. The number of fused-ring (bicyclic) bond motifs is 2. The van der Waals surface area contributed by atoms with Crippen LogP contribution in [0.5, 0.6) is 0 Å². The molecule has 2 aromatic heterocycles. The van der Waals surface area contributed by atoms with Gasteiger partial charge in [0.2, 0.25) is 0 Å². The Morgan fingerprint density at radius 2 is 2.12 bits per heavy atom. The Hall–Kier alpha value is -1.36. The summed E-state index contributed by atoms with van der Waals surface area (Å²) in [6.45, 7) is 9.52. The quantitative estimate of drug-likeness (QED) is 0.609. The Morgan fingerprint density at radius 1 is 1.26 bits per heavy atom. The summed E-state index contributed by atoms with van der Waals surface area (Å²) in [7, 11) is 0. The fourth-order valence-corrected chi connectivity index (χ4v) is 7.03. The monoisotopic (exact) mass is 490 g/mol. The van der Waals surface area contributed by atoms with Gasteiger partial charge < -0.3 is 19.3 Å². The molecule has 9 heteroatoms. The summed E-state index contributed by atoms with van der Waals surface area (Å²) in [6.07, 6.45) is 7.86. The molecule has 0 aliphatic carbocycles. The van der Waals surface area contributed by atoms with Gasteiger partial charge in [0.15, 0.2) is 0 Å². The lowest BCUT2D eigenvalue weighted by Crippen LogP contribution is -2.50. The van der Waals surface area contributed by atoms with Gasteiger partial charge in [0.05, 0.1) is 43.3 Å². The summed E-state index contributed by atoms with van der Waals surface area (Å²) in [5.74, 6) is 0.